The molecule has 7 nitrogen and oxygen atoms in total. The first-order valence-corrected chi connectivity index (χ1v) is 10.8. The number of hydrogen-bond donors (Lipinski definition) is 1. The topological polar surface area (TPSA) is 84.4 Å². The highest BCUT2D eigenvalue weighted by molar-refractivity contribution is 6.03. The van der Waals surface area contributed by atoms with Crippen LogP contribution in [-0.2, 0) is 17.9 Å². The third-order valence-electron chi connectivity index (χ3n) is 5.64. The van der Waals surface area contributed by atoms with Crippen LogP contribution in [-0.4, -0.2) is 32.8 Å². The molecular weight excluding hydrogens is 435 g/mol. The molecule has 0 aliphatic carbocycles. The Bertz CT molecular complexity index is 1410. The number of ether oxygens (including phenoxy) is 1. The second-order valence-corrected chi connectivity index (χ2v) is 8.07. The summed E-state index contributed by atoms with van der Waals surface area (Å²) in [6, 6.07) is 18.8. The zero-order chi connectivity index (χ0) is 23.7. The van der Waals surface area contributed by atoms with E-state index in [0.29, 0.717) is 33.6 Å². The first-order valence-electron chi connectivity index (χ1n) is 10.8. The molecule has 1 N–H and O–H groups in total. The maximum atomic E-state index is 14.2. The maximum Gasteiger partial charge on any atom is 0.275 e. The van der Waals surface area contributed by atoms with Gasteiger partial charge in [0.2, 0.25) is 0 Å². The number of amides is 2. The van der Waals surface area contributed by atoms with Crippen LogP contribution in [0.3, 0.4) is 0 Å². The lowest BCUT2D eigenvalue weighted by Crippen LogP contribution is -2.37. The monoisotopic (exact) mass is 456 g/mol. The zero-order valence-corrected chi connectivity index (χ0v) is 18.4. The van der Waals surface area contributed by atoms with Gasteiger partial charge in [0.25, 0.3) is 11.8 Å². The van der Waals surface area contributed by atoms with Gasteiger partial charge in [-0.3, -0.25) is 14.6 Å². The first-order chi connectivity index (χ1) is 16.5. The van der Waals surface area contributed by atoms with Crippen molar-refractivity contribution in [2.24, 2.45) is 0 Å². The Morgan fingerprint density at radius 2 is 1.88 bits per heavy atom. The molecule has 1 atom stereocenters. The number of nitrogens with one attached hydrogen (secondary N) is 1. The number of carbonyl (C=O) groups is 2. The van der Waals surface area contributed by atoms with Gasteiger partial charge in [0, 0.05) is 29.9 Å². The van der Waals surface area contributed by atoms with Gasteiger partial charge in [0.15, 0.2) is 6.10 Å². The number of carbonyl (C=O) groups excluding carboxylic acids is 2. The molecule has 1 unspecified atom stereocenters. The molecule has 0 radical (unpaired) electrons. The molecular formula is C26H21FN4O3. The molecule has 2 amide bonds. The third kappa shape index (κ3) is 4.30. The van der Waals surface area contributed by atoms with Crippen molar-refractivity contribution in [2.75, 3.05) is 5.32 Å². The predicted octanol–water partition coefficient (Wildman–Crippen LogP) is 4.33. The van der Waals surface area contributed by atoms with E-state index in [1.54, 1.807) is 54.3 Å². The predicted molar refractivity (Wildman–Crippen MR) is 125 cm³/mol. The van der Waals surface area contributed by atoms with Crippen LogP contribution in [0.1, 0.15) is 28.5 Å². The minimum Gasteiger partial charge on any atom is -0.481 e. The van der Waals surface area contributed by atoms with Crippen LogP contribution in [0.4, 0.5) is 10.1 Å². The largest absolute Gasteiger partial charge is 0.481 e. The van der Waals surface area contributed by atoms with Gasteiger partial charge in [-0.2, -0.15) is 0 Å². The molecule has 170 valence electrons. The fourth-order valence-corrected chi connectivity index (χ4v) is 3.91. The summed E-state index contributed by atoms with van der Waals surface area (Å²) in [6.45, 7) is 1.99. The lowest BCUT2D eigenvalue weighted by Gasteiger charge is -2.22. The van der Waals surface area contributed by atoms with E-state index in [0.717, 1.165) is 0 Å². The lowest BCUT2D eigenvalue weighted by atomic mass is 10.1. The third-order valence-corrected chi connectivity index (χ3v) is 5.64. The van der Waals surface area contributed by atoms with Gasteiger partial charge < -0.3 is 15.0 Å². The normalized spacial score (nSPS) is 15.4. The number of aromatic nitrogens is 2. The summed E-state index contributed by atoms with van der Waals surface area (Å²) >= 11 is 0. The second-order valence-electron chi connectivity index (χ2n) is 8.07. The van der Waals surface area contributed by atoms with Crippen molar-refractivity contribution in [1.82, 2.24) is 14.9 Å². The van der Waals surface area contributed by atoms with E-state index in [1.807, 2.05) is 18.2 Å². The fraction of sp³-hybridized carbons (Fsp3) is 0.154. The lowest BCUT2D eigenvalue weighted by molar-refractivity contribution is -0.138. The Kier molecular flexibility index (Phi) is 5.63. The highest BCUT2D eigenvalue weighted by atomic mass is 19.1. The van der Waals surface area contributed by atoms with Crippen molar-refractivity contribution in [1.29, 1.82) is 0 Å². The van der Waals surface area contributed by atoms with E-state index >= 15 is 0 Å². The summed E-state index contributed by atoms with van der Waals surface area (Å²) in [6.07, 6.45) is 0.710. The van der Waals surface area contributed by atoms with E-state index in [1.165, 1.54) is 12.3 Å². The molecule has 5 rings (SSSR count). The summed E-state index contributed by atoms with van der Waals surface area (Å²) in [7, 11) is 0. The van der Waals surface area contributed by atoms with Crippen molar-refractivity contribution >= 4 is 28.5 Å². The van der Waals surface area contributed by atoms with E-state index in [4.69, 9.17) is 4.74 Å². The molecule has 0 saturated carbocycles. The quantitative estimate of drug-likeness (QED) is 0.494. The van der Waals surface area contributed by atoms with Crippen molar-refractivity contribution in [3.8, 4) is 5.75 Å². The van der Waals surface area contributed by atoms with E-state index in [9.17, 15) is 14.0 Å². The molecule has 1 aliphatic heterocycles. The van der Waals surface area contributed by atoms with Crippen molar-refractivity contribution < 1.29 is 18.7 Å². The smallest absolute Gasteiger partial charge is 0.275 e. The Balaban J connectivity index is 1.39. The Labute approximate surface area is 195 Å². The molecule has 0 fully saturated rings. The summed E-state index contributed by atoms with van der Waals surface area (Å²) in [5, 5.41) is 2.83. The molecule has 0 spiro atoms. The van der Waals surface area contributed by atoms with Crippen LogP contribution in [0, 0.1) is 5.82 Å². The van der Waals surface area contributed by atoms with Gasteiger partial charge >= 0.3 is 0 Å². The molecule has 8 heteroatoms. The molecule has 4 aromatic rings. The Morgan fingerprint density at radius 3 is 2.71 bits per heavy atom. The van der Waals surface area contributed by atoms with E-state index < -0.39 is 12.0 Å². The Morgan fingerprint density at radius 1 is 1.12 bits per heavy atom. The average Bonchev–Trinajstić information content (AvgIpc) is 2.96. The van der Waals surface area contributed by atoms with Gasteiger partial charge in [-0.15, -0.1) is 0 Å². The summed E-state index contributed by atoms with van der Waals surface area (Å²) in [4.78, 5) is 35.9. The zero-order valence-electron chi connectivity index (χ0n) is 18.4. The van der Waals surface area contributed by atoms with Gasteiger partial charge in [0.1, 0.15) is 17.3 Å². The average molecular weight is 456 g/mol. The van der Waals surface area contributed by atoms with Gasteiger partial charge in [0.05, 0.1) is 17.2 Å². The number of benzene rings is 3. The first kappa shape index (κ1) is 21.5. The van der Waals surface area contributed by atoms with Crippen molar-refractivity contribution in [3.63, 3.8) is 0 Å². The summed E-state index contributed by atoms with van der Waals surface area (Å²) < 4.78 is 20.0. The van der Waals surface area contributed by atoms with Crippen LogP contribution in [0.15, 0.2) is 72.9 Å². The SMILES string of the molecule is CC1Oc2ccc(NC(=O)c3cnc4ccccc4n3)cc2CN(Cc2ccccc2F)C1=O. The number of anilines is 1. The summed E-state index contributed by atoms with van der Waals surface area (Å²) in [5.41, 5.74) is 3.17. The number of rotatable bonds is 4. The molecule has 1 aromatic heterocycles. The number of halogens is 1. The van der Waals surface area contributed by atoms with Crippen LogP contribution in [0.2, 0.25) is 0 Å². The second kappa shape index (κ2) is 8.90. The van der Waals surface area contributed by atoms with Crippen molar-refractivity contribution in [3.05, 3.63) is 95.6 Å². The molecule has 3 aromatic carbocycles. The fourth-order valence-electron chi connectivity index (χ4n) is 3.91. The standard InChI is InChI=1S/C26H21FN4O3/c1-16-26(33)31(14-17-6-2-3-7-20(17)27)15-18-12-19(10-11-24(18)34-16)29-25(32)23-13-28-21-8-4-5-9-22(21)30-23/h2-13,16H,14-15H2,1H3,(H,29,32). The molecule has 2 heterocycles. The van der Waals surface area contributed by atoms with Crippen LogP contribution in [0.5, 0.6) is 5.75 Å². The molecule has 0 saturated heterocycles. The van der Waals surface area contributed by atoms with Gasteiger partial charge in [-0.05, 0) is 43.3 Å². The van der Waals surface area contributed by atoms with E-state index in [-0.39, 0.29) is 30.5 Å². The van der Waals surface area contributed by atoms with Crippen LogP contribution in [0.25, 0.3) is 11.0 Å². The highest BCUT2D eigenvalue weighted by Crippen LogP contribution is 2.30. The number of fused-ring (bicyclic) bond motifs is 2. The highest BCUT2D eigenvalue weighted by Gasteiger charge is 2.28. The minimum atomic E-state index is -0.721. The number of hydrogen-bond acceptors (Lipinski definition) is 5. The Hall–Kier alpha value is -4.33. The van der Waals surface area contributed by atoms with E-state index in [2.05, 4.69) is 15.3 Å². The van der Waals surface area contributed by atoms with Crippen molar-refractivity contribution in [2.45, 2.75) is 26.1 Å². The molecule has 34 heavy (non-hydrogen) atoms. The minimum absolute atomic E-state index is 0.113. The van der Waals surface area contributed by atoms with Crippen LogP contribution >= 0.6 is 0 Å². The van der Waals surface area contributed by atoms with Crippen LogP contribution < -0.4 is 10.1 Å². The maximum absolute atomic E-state index is 14.2. The molecule has 0 bridgehead atoms. The summed E-state index contributed by atoms with van der Waals surface area (Å²) in [5.74, 6) is -0.469. The number of nitrogens with zero attached hydrogens (tertiary/aromatic N) is 3. The van der Waals surface area contributed by atoms with Gasteiger partial charge in [-0.1, -0.05) is 30.3 Å². The number of para-hydroxylation sites is 2. The van der Waals surface area contributed by atoms with Gasteiger partial charge in [-0.25, -0.2) is 9.37 Å². The molecule has 1 aliphatic rings.